The lowest BCUT2D eigenvalue weighted by atomic mass is 9.98. The van der Waals surface area contributed by atoms with E-state index in [9.17, 15) is 9.59 Å². The summed E-state index contributed by atoms with van der Waals surface area (Å²) in [5.74, 6) is -0.376. The highest BCUT2D eigenvalue weighted by Gasteiger charge is 2.20. The zero-order valence-corrected chi connectivity index (χ0v) is 18.6. The summed E-state index contributed by atoms with van der Waals surface area (Å²) in [5, 5.41) is 10.4. The van der Waals surface area contributed by atoms with Gasteiger partial charge in [0.1, 0.15) is 0 Å². The molecule has 0 heterocycles. The molecule has 166 valence electrons. The van der Waals surface area contributed by atoms with E-state index in [2.05, 4.69) is 10.6 Å². The van der Waals surface area contributed by atoms with E-state index < -0.39 is 6.04 Å². The highest BCUT2D eigenvalue weighted by molar-refractivity contribution is 5.97. The molecule has 0 aliphatic heterocycles. The molecule has 5 aromatic rings. The van der Waals surface area contributed by atoms with Crippen molar-refractivity contribution in [3.05, 3.63) is 126 Å². The summed E-state index contributed by atoms with van der Waals surface area (Å²) in [7, 11) is 0. The van der Waals surface area contributed by atoms with Crippen molar-refractivity contribution >= 4 is 39.0 Å². The third-order valence-corrected chi connectivity index (χ3v) is 5.94. The number of anilines is 1. The molecule has 0 saturated heterocycles. The van der Waals surface area contributed by atoms with Crippen LogP contribution in [0.5, 0.6) is 0 Å². The topological polar surface area (TPSA) is 58.2 Å². The van der Waals surface area contributed by atoms with Crippen molar-refractivity contribution < 1.29 is 9.59 Å². The number of carbonyl (C=O) groups is 2. The Balaban J connectivity index is 1.40. The zero-order valence-electron chi connectivity index (χ0n) is 18.6. The summed E-state index contributed by atoms with van der Waals surface area (Å²) in [5.41, 5.74) is 2.18. The molecule has 0 spiro atoms. The predicted molar refractivity (Wildman–Crippen MR) is 138 cm³/mol. The minimum absolute atomic E-state index is 0.115. The molecule has 4 heteroatoms. The second-order valence-electron chi connectivity index (χ2n) is 8.31. The van der Waals surface area contributed by atoms with Crippen LogP contribution in [0.25, 0.3) is 21.5 Å². The molecule has 5 rings (SSSR count). The average Bonchev–Trinajstić information content (AvgIpc) is 2.88. The average molecular weight is 445 g/mol. The first-order valence-electron chi connectivity index (χ1n) is 11.3. The Morgan fingerprint density at radius 1 is 0.618 bits per heavy atom. The van der Waals surface area contributed by atoms with Crippen LogP contribution in [0.2, 0.25) is 0 Å². The van der Waals surface area contributed by atoms with E-state index in [0.29, 0.717) is 5.56 Å². The normalized spacial score (nSPS) is 11.8. The summed E-state index contributed by atoms with van der Waals surface area (Å²) in [6.07, 6.45) is 0.115. The first-order chi connectivity index (χ1) is 16.7. The Hall–Kier alpha value is -4.44. The van der Waals surface area contributed by atoms with Crippen LogP contribution in [0.3, 0.4) is 0 Å². The number of amides is 2. The fourth-order valence-electron chi connectivity index (χ4n) is 4.17. The van der Waals surface area contributed by atoms with Crippen molar-refractivity contribution in [2.24, 2.45) is 0 Å². The molecule has 0 fully saturated rings. The number of nitrogens with one attached hydrogen (secondary N) is 2. The fraction of sp³-hybridized carbons (Fsp3) is 0.0667. The van der Waals surface area contributed by atoms with Gasteiger partial charge >= 0.3 is 0 Å². The van der Waals surface area contributed by atoms with E-state index >= 15 is 0 Å². The van der Waals surface area contributed by atoms with Gasteiger partial charge in [-0.1, -0.05) is 84.9 Å². The lowest BCUT2D eigenvalue weighted by Gasteiger charge is -2.20. The second-order valence-corrected chi connectivity index (χ2v) is 8.31. The van der Waals surface area contributed by atoms with Crippen molar-refractivity contribution in [1.82, 2.24) is 5.32 Å². The molecule has 1 atom stereocenters. The molecule has 0 unspecified atom stereocenters. The van der Waals surface area contributed by atoms with Crippen molar-refractivity contribution in [1.29, 1.82) is 0 Å². The lowest BCUT2D eigenvalue weighted by molar-refractivity contribution is -0.116. The minimum Gasteiger partial charge on any atom is -0.345 e. The molecule has 5 aromatic carbocycles. The second kappa shape index (κ2) is 9.59. The number of fused-ring (bicyclic) bond motifs is 2. The highest BCUT2D eigenvalue weighted by Crippen LogP contribution is 2.25. The van der Waals surface area contributed by atoms with E-state index in [1.807, 2.05) is 103 Å². The zero-order chi connectivity index (χ0) is 23.3. The van der Waals surface area contributed by atoms with Crippen LogP contribution in [0.4, 0.5) is 5.69 Å². The Labute approximate surface area is 198 Å². The van der Waals surface area contributed by atoms with Gasteiger partial charge in [0.05, 0.1) is 12.5 Å². The van der Waals surface area contributed by atoms with Crippen LogP contribution in [0.15, 0.2) is 115 Å². The van der Waals surface area contributed by atoms with Gasteiger partial charge in [-0.15, -0.1) is 0 Å². The van der Waals surface area contributed by atoms with E-state index in [4.69, 9.17) is 0 Å². The molecule has 2 amide bonds. The molecular formula is C30H24N2O2. The number of rotatable bonds is 6. The van der Waals surface area contributed by atoms with Gasteiger partial charge in [0.15, 0.2) is 0 Å². The minimum atomic E-state index is -0.474. The molecular weight excluding hydrogens is 420 g/mol. The van der Waals surface area contributed by atoms with Crippen molar-refractivity contribution in [3.63, 3.8) is 0 Å². The van der Waals surface area contributed by atoms with Gasteiger partial charge in [-0.3, -0.25) is 9.59 Å². The Morgan fingerprint density at radius 3 is 1.91 bits per heavy atom. The molecule has 0 radical (unpaired) electrons. The Bertz CT molecular complexity index is 1480. The maximum atomic E-state index is 13.1. The number of benzene rings is 5. The first-order valence-corrected chi connectivity index (χ1v) is 11.3. The standard InChI is InChI=1S/C30H24N2O2/c33-29(31-27-17-16-22-9-5-7-13-25(22)19-27)20-28(32-30(34)23-10-2-1-3-11-23)26-15-14-21-8-4-6-12-24(21)18-26/h1-19,28H,20H2,(H,31,33)(H,32,34)/t28-/m0/s1. The maximum Gasteiger partial charge on any atom is 0.251 e. The van der Waals surface area contributed by atoms with Crippen LogP contribution in [-0.4, -0.2) is 11.8 Å². The number of hydrogen-bond donors (Lipinski definition) is 2. The molecule has 0 aliphatic rings. The molecule has 4 nitrogen and oxygen atoms in total. The van der Waals surface area contributed by atoms with Gasteiger partial charge in [-0.25, -0.2) is 0 Å². The summed E-state index contributed by atoms with van der Waals surface area (Å²) < 4.78 is 0. The van der Waals surface area contributed by atoms with Gasteiger partial charge in [0.2, 0.25) is 5.91 Å². The smallest absolute Gasteiger partial charge is 0.251 e. The Kier molecular flexibility index (Phi) is 6.04. The molecule has 0 bridgehead atoms. The SMILES string of the molecule is O=C(C[C@H](NC(=O)c1ccccc1)c1ccc2ccccc2c1)Nc1ccc2ccccc2c1. The van der Waals surface area contributed by atoms with Crippen molar-refractivity contribution in [2.45, 2.75) is 12.5 Å². The van der Waals surface area contributed by atoms with Crippen LogP contribution >= 0.6 is 0 Å². The van der Waals surface area contributed by atoms with Crippen molar-refractivity contribution in [3.8, 4) is 0 Å². The first kappa shape index (κ1) is 21.4. The third kappa shape index (κ3) is 4.81. The van der Waals surface area contributed by atoms with E-state index in [-0.39, 0.29) is 18.2 Å². The molecule has 0 saturated carbocycles. The quantitative estimate of drug-likeness (QED) is 0.314. The van der Waals surface area contributed by atoms with Crippen LogP contribution < -0.4 is 10.6 Å². The summed E-state index contributed by atoms with van der Waals surface area (Å²) >= 11 is 0. The van der Waals surface area contributed by atoms with Gasteiger partial charge < -0.3 is 10.6 Å². The summed E-state index contributed by atoms with van der Waals surface area (Å²) in [6, 6.07) is 36.5. The summed E-state index contributed by atoms with van der Waals surface area (Å²) in [4.78, 5) is 26.0. The third-order valence-electron chi connectivity index (χ3n) is 5.94. The van der Waals surface area contributed by atoms with Gasteiger partial charge in [-0.2, -0.15) is 0 Å². The van der Waals surface area contributed by atoms with E-state index in [1.165, 1.54) is 0 Å². The number of hydrogen-bond acceptors (Lipinski definition) is 2. The van der Waals surface area contributed by atoms with Crippen molar-refractivity contribution in [2.75, 3.05) is 5.32 Å². The molecule has 0 aromatic heterocycles. The van der Waals surface area contributed by atoms with Crippen LogP contribution in [0, 0.1) is 0 Å². The van der Waals surface area contributed by atoms with Gasteiger partial charge in [-0.05, 0) is 57.4 Å². The largest absolute Gasteiger partial charge is 0.345 e. The molecule has 2 N–H and O–H groups in total. The monoisotopic (exact) mass is 444 g/mol. The van der Waals surface area contributed by atoms with Gasteiger partial charge in [0.25, 0.3) is 5.91 Å². The van der Waals surface area contributed by atoms with Crippen LogP contribution in [-0.2, 0) is 4.79 Å². The van der Waals surface area contributed by atoms with E-state index in [0.717, 1.165) is 32.8 Å². The number of carbonyl (C=O) groups excluding carboxylic acids is 2. The fourth-order valence-corrected chi connectivity index (χ4v) is 4.17. The molecule has 0 aliphatic carbocycles. The Morgan fingerprint density at radius 2 is 1.21 bits per heavy atom. The van der Waals surface area contributed by atoms with E-state index in [1.54, 1.807) is 12.1 Å². The molecule has 34 heavy (non-hydrogen) atoms. The predicted octanol–water partition coefficient (Wildman–Crippen LogP) is 6.49. The van der Waals surface area contributed by atoms with Crippen LogP contribution in [0.1, 0.15) is 28.4 Å². The summed E-state index contributed by atoms with van der Waals surface area (Å²) in [6.45, 7) is 0. The highest BCUT2D eigenvalue weighted by atomic mass is 16.2. The van der Waals surface area contributed by atoms with Gasteiger partial charge in [0, 0.05) is 11.3 Å². The maximum absolute atomic E-state index is 13.1. The lowest BCUT2D eigenvalue weighted by Crippen LogP contribution is -2.31.